The van der Waals surface area contributed by atoms with E-state index in [1.165, 1.54) is 18.2 Å². The summed E-state index contributed by atoms with van der Waals surface area (Å²) < 4.78 is 13.3. The predicted octanol–water partition coefficient (Wildman–Crippen LogP) is 1.90. The number of benzene rings is 2. The third-order valence-electron chi connectivity index (χ3n) is 4.43. The van der Waals surface area contributed by atoms with Crippen LogP contribution in [0, 0.1) is 5.82 Å². The van der Waals surface area contributed by atoms with Gasteiger partial charge >= 0.3 is 0 Å². The van der Waals surface area contributed by atoms with Gasteiger partial charge in [-0.05, 0) is 23.8 Å². The maximum atomic E-state index is 13.3. The van der Waals surface area contributed by atoms with Gasteiger partial charge in [-0.15, -0.1) is 0 Å². The van der Waals surface area contributed by atoms with Crippen molar-refractivity contribution in [3.63, 3.8) is 0 Å². The van der Waals surface area contributed by atoms with Crippen molar-refractivity contribution in [2.45, 2.75) is 6.54 Å². The predicted molar refractivity (Wildman–Crippen MR) is 97.0 cm³/mol. The molecule has 1 N–H and O–H groups in total. The summed E-state index contributed by atoms with van der Waals surface area (Å²) in [4.78, 5) is 28.2. The Morgan fingerprint density at radius 2 is 1.69 bits per heavy atom. The SMILES string of the molecule is O=C(CN1CCN(C(=O)c2cccc(F)c2)CC1)NCc1ccccc1. The zero-order valence-electron chi connectivity index (χ0n) is 14.5. The first-order valence-electron chi connectivity index (χ1n) is 8.69. The Kier molecular flexibility index (Phi) is 5.96. The number of amides is 2. The van der Waals surface area contributed by atoms with Crippen LogP contribution in [0.4, 0.5) is 4.39 Å². The lowest BCUT2D eigenvalue weighted by Gasteiger charge is -2.34. The molecule has 0 saturated carbocycles. The van der Waals surface area contributed by atoms with Crippen molar-refractivity contribution in [2.24, 2.45) is 0 Å². The zero-order chi connectivity index (χ0) is 18.4. The molecule has 6 heteroatoms. The molecule has 0 spiro atoms. The third kappa shape index (κ3) is 4.89. The number of hydrogen-bond acceptors (Lipinski definition) is 3. The largest absolute Gasteiger partial charge is 0.351 e. The number of nitrogens with zero attached hydrogens (tertiary/aromatic N) is 2. The Hall–Kier alpha value is -2.73. The number of carbonyl (C=O) groups excluding carboxylic acids is 2. The first kappa shape index (κ1) is 18.1. The molecular formula is C20H22FN3O2. The van der Waals surface area contributed by atoms with Crippen LogP contribution in [-0.2, 0) is 11.3 Å². The lowest BCUT2D eigenvalue weighted by molar-refractivity contribution is -0.122. The highest BCUT2D eigenvalue weighted by molar-refractivity contribution is 5.94. The standard InChI is InChI=1S/C20H22FN3O2/c21-18-8-4-7-17(13-18)20(26)24-11-9-23(10-12-24)15-19(25)22-14-16-5-2-1-3-6-16/h1-8,13H,9-12,14-15H2,(H,22,25). The summed E-state index contributed by atoms with van der Waals surface area (Å²) >= 11 is 0. The van der Waals surface area contributed by atoms with Gasteiger partial charge in [0.15, 0.2) is 0 Å². The molecule has 1 fully saturated rings. The highest BCUT2D eigenvalue weighted by Crippen LogP contribution is 2.10. The van der Waals surface area contributed by atoms with E-state index in [1.807, 2.05) is 35.2 Å². The molecule has 5 nitrogen and oxygen atoms in total. The quantitative estimate of drug-likeness (QED) is 0.891. The number of rotatable bonds is 5. The van der Waals surface area contributed by atoms with Crippen LogP contribution >= 0.6 is 0 Å². The molecule has 2 aromatic carbocycles. The minimum atomic E-state index is -0.412. The molecular weight excluding hydrogens is 333 g/mol. The number of piperazine rings is 1. The Morgan fingerprint density at radius 3 is 2.38 bits per heavy atom. The third-order valence-corrected chi connectivity index (χ3v) is 4.43. The van der Waals surface area contributed by atoms with Crippen LogP contribution in [0.25, 0.3) is 0 Å². The van der Waals surface area contributed by atoms with Gasteiger partial charge in [0, 0.05) is 38.3 Å². The number of nitrogens with one attached hydrogen (secondary N) is 1. The van der Waals surface area contributed by atoms with Crippen molar-refractivity contribution in [3.8, 4) is 0 Å². The van der Waals surface area contributed by atoms with E-state index in [-0.39, 0.29) is 11.8 Å². The Labute approximate surface area is 152 Å². The fourth-order valence-electron chi connectivity index (χ4n) is 2.97. The highest BCUT2D eigenvalue weighted by Gasteiger charge is 2.23. The van der Waals surface area contributed by atoms with Gasteiger partial charge in [-0.25, -0.2) is 4.39 Å². The Morgan fingerprint density at radius 1 is 0.962 bits per heavy atom. The fourth-order valence-corrected chi connectivity index (χ4v) is 2.97. The summed E-state index contributed by atoms with van der Waals surface area (Å²) in [7, 11) is 0. The van der Waals surface area contributed by atoms with Gasteiger partial charge in [0.1, 0.15) is 5.82 Å². The van der Waals surface area contributed by atoms with Crippen LogP contribution in [0.5, 0.6) is 0 Å². The molecule has 2 aromatic rings. The summed E-state index contributed by atoms with van der Waals surface area (Å²) in [5.74, 6) is -0.610. The molecule has 1 heterocycles. The first-order valence-corrected chi connectivity index (χ1v) is 8.69. The monoisotopic (exact) mass is 355 g/mol. The number of halogens is 1. The van der Waals surface area contributed by atoms with Crippen molar-refractivity contribution in [1.82, 2.24) is 15.1 Å². The molecule has 0 atom stereocenters. The summed E-state index contributed by atoms with van der Waals surface area (Å²) in [5.41, 5.74) is 1.42. The first-order chi connectivity index (χ1) is 12.6. The van der Waals surface area contributed by atoms with Crippen molar-refractivity contribution >= 4 is 11.8 Å². The second-order valence-electron chi connectivity index (χ2n) is 6.34. The summed E-state index contributed by atoms with van der Waals surface area (Å²) in [5, 5.41) is 2.91. The molecule has 0 aliphatic carbocycles. The van der Waals surface area contributed by atoms with E-state index in [1.54, 1.807) is 11.0 Å². The molecule has 3 rings (SSSR count). The maximum Gasteiger partial charge on any atom is 0.254 e. The Balaban J connectivity index is 1.43. The molecule has 26 heavy (non-hydrogen) atoms. The van der Waals surface area contributed by atoms with Gasteiger partial charge < -0.3 is 10.2 Å². The minimum Gasteiger partial charge on any atom is -0.351 e. The minimum absolute atomic E-state index is 0.0289. The van der Waals surface area contributed by atoms with Gasteiger partial charge in [-0.1, -0.05) is 36.4 Å². The van der Waals surface area contributed by atoms with Gasteiger partial charge in [0.05, 0.1) is 6.54 Å². The van der Waals surface area contributed by atoms with Gasteiger partial charge in [0.2, 0.25) is 5.91 Å². The van der Waals surface area contributed by atoms with Crippen LogP contribution in [0.1, 0.15) is 15.9 Å². The lowest BCUT2D eigenvalue weighted by atomic mass is 10.1. The molecule has 0 radical (unpaired) electrons. The molecule has 2 amide bonds. The Bertz CT molecular complexity index is 759. The summed E-state index contributed by atoms with van der Waals surface area (Å²) in [6.07, 6.45) is 0. The van der Waals surface area contributed by atoms with E-state index >= 15 is 0 Å². The molecule has 136 valence electrons. The number of hydrogen-bond donors (Lipinski definition) is 1. The topological polar surface area (TPSA) is 52.7 Å². The van der Waals surface area contributed by atoms with Crippen LogP contribution < -0.4 is 5.32 Å². The maximum absolute atomic E-state index is 13.3. The molecule has 0 unspecified atom stereocenters. The van der Waals surface area contributed by atoms with Crippen LogP contribution in [0.2, 0.25) is 0 Å². The molecule has 0 aromatic heterocycles. The van der Waals surface area contributed by atoms with Crippen molar-refractivity contribution < 1.29 is 14.0 Å². The molecule has 1 aliphatic rings. The van der Waals surface area contributed by atoms with Crippen LogP contribution in [0.15, 0.2) is 54.6 Å². The lowest BCUT2D eigenvalue weighted by Crippen LogP contribution is -2.51. The van der Waals surface area contributed by atoms with Crippen molar-refractivity contribution in [1.29, 1.82) is 0 Å². The van der Waals surface area contributed by atoms with Crippen LogP contribution in [0.3, 0.4) is 0 Å². The number of carbonyl (C=O) groups is 2. The van der Waals surface area contributed by atoms with Gasteiger partial charge in [0.25, 0.3) is 5.91 Å². The summed E-state index contributed by atoms with van der Waals surface area (Å²) in [6, 6.07) is 15.5. The van der Waals surface area contributed by atoms with Gasteiger partial charge in [-0.2, -0.15) is 0 Å². The van der Waals surface area contributed by atoms with E-state index < -0.39 is 5.82 Å². The smallest absolute Gasteiger partial charge is 0.254 e. The summed E-state index contributed by atoms with van der Waals surface area (Å²) in [6.45, 7) is 3.13. The molecule has 0 bridgehead atoms. The van der Waals surface area contributed by atoms with E-state index in [2.05, 4.69) is 5.32 Å². The molecule has 1 saturated heterocycles. The second-order valence-corrected chi connectivity index (χ2v) is 6.34. The average molecular weight is 355 g/mol. The fraction of sp³-hybridized carbons (Fsp3) is 0.300. The normalized spacial score (nSPS) is 14.9. The zero-order valence-corrected chi connectivity index (χ0v) is 14.5. The van der Waals surface area contributed by atoms with Gasteiger partial charge in [-0.3, -0.25) is 14.5 Å². The van der Waals surface area contributed by atoms with E-state index in [4.69, 9.17) is 0 Å². The van der Waals surface area contributed by atoms with Crippen molar-refractivity contribution in [2.75, 3.05) is 32.7 Å². The van der Waals surface area contributed by atoms with Crippen molar-refractivity contribution in [3.05, 3.63) is 71.5 Å². The average Bonchev–Trinajstić information content (AvgIpc) is 2.67. The van der Waals surface area contributed by atoms with E-state index in [9.17, 15) is 14.0 Å². The van der Waals surface area contributed by atoms with E-state index in [0.29, 0.717) is 44.8 Å². The highest BCUT2D eigenvalue weighted by atomic mass is 19.1. The van der Waals surface area contributed by atoms with Crippen LogP contribution in [-0.4, -0.2) is 54.3 Å². The molecule has 1 aliphatic heterocycles. The second kappa shape index (κ2) is 8.58. The van der Waals surface area contributed by atoms with E-state index in [0.717, 1.165) is 5.56 Å².